The molecule has 128 valence electrons. The number of ether oxygens (including phenoxy) is 2. The molecule has 0 aliphatic heterocycles. The normalized spacial score (nSPS) is 10.5. The number of aromatic nitrogens is 1. The van der Waals surface area contributed by atoms with Crippen molar-refractivity contribution in [3.63, 3.8) is 0 Å². The highest BCUT2D eigenvalue weighted by Crippen LogP contribution is 2.35. The molecule has 2 N–H and O–H groups in total. The molecular weight excluding hydrogens is 339 g/mol. The van der Waals surface area contributed by atoms with E-state index >= 15 is 0 Å². The maximum Gasteiger partial charge on any atom is 0.170 e. The molecule has 1 aromatic heterocycles. The van der Waals surface area contributed by atoms with Gasteiger partial charge in [0.1, 0.15) is 17.3 Å². The van der Waals surface area contributed by atoms with Gasteiger partial charge in [0.15, 0.2) is 11.6 Å². The number of nitrogen functional groups attached to an aromatic ring is 1. The van der Waals surface area contributed by atoms with E-state index in [4.69, 9.17) is 15.2 Å². The summed E-state index contributed by atoms with van der Waals surface area (Å²) < 4.78 is 24.3. The second-order valence-corrected chi connectivity index (χ2v) is 6.49. The highest BCUT2D eigenvalue weighted by molar-refractivity contribution is 7.99. The van der Waals surface area contributed by atoms with E-state index in [9.17, 15) is 4.39 Å². The van der Waals surface area contributed by atoms with E-state index in [0.717, 1.165) is 15.5 Å². The Hall–Kier alpha value is -2.73. The fourth-order valence-electron chi connectivity index (χ4n) is 2.22. The van der Waals surface area contributed by atoms with Crippen LogP contribution in [0.2, 0.25) is 0 Å². The third kappa shape index (κ3) is 4.22. The molecule has 0 fully saturated rings. The largest absolute Gasteiger partial charge is 0.497 e. The summed E-state index contributed by atoms with van der Waals surface area (Å²) in [7, 11) is 1.63. The molecule has 4 nitrogen and oxygen atoms in total. The van der Waals surface area contributed by atoms with Gasteiger partial charge in [-0.2, -0.15) is 0 Å². The van der Waals surface area contributed by atoms with Crippen LogP contribution in [0.3, 0.4) is 0 Å². The number of nitrogens with two attached hydrogens (primary N) is 1. The Bertz CT molecular complexity index is 902. The number of pyridine rings is 1. The van der Waals surface area contributed by atoms with Gasteiger partial charge < -0.3 is 15.2 Å². The summed E-state index contributed by atoms with van der Waals surface area (Å²) in [4.78, 5) is 6.07. The quantitative estimate of drug-likeness (QED) is 0.692. The molecule has 0 saturated carbocycles. The van der Waals surface area contributed by atoms with Crippen molar-refractivity contribution in [2.45, 2.75) is 16.7 Å². The zero-order chi connectivity index (χ0) is 17.8. The van der Waals surface area contributed by atoms with Crippen molar-refractivity contribution in [3.05, 3.63) is 66.1 Å². The van der Waals surface area contributed by atoms with Crippen LogP contribution in [0.5, 0.6) is 17.2 Å². The third-order valence-electron chi connectivity index (χ3n) is 3.49. The van der Waals surface area contributed by atoms with E-state index in [1.807, 2.05) is 30.3 Å². The van der Waals surface area contributed by atoms with Crippen LogP contribution in [0.15, 0.2) is 64.5 Å². The first-order valence-corrected chi connectivity index (χ1v) is 8.38. The Kier molecular flexibility index (Phi) is 5.09. The predicted octanol–water partition coefficient (Wildman–Crippen LogP) is 5.06. The molecule has 0 aliphatic carbocycles. The molecule has 0 aliphatic rings. The lowest BCUT2D eigenvalue weighted by molar-refractivity contribution is 0.413. The number of nitrogens with zero attached hydrogens (tertiary/aromatic N) is 1. The highest BCUT2D eigenvalue weighted by atomic mass is 32.2. The molecule has 2 aromatic carbocycles. The molecule has 3 aromatic rings. The van der Waals surface area contributed by atoms with Crippen LogP contribution in [-0.2, 0) is 0 Å². The predicted molar refractivity (Wildman–Crippen MR) is 97.0 cm³/mol. The van der Waals surface area contributed by atoms with Crippen LogP contribution in [0.25, 0.3) is 0 Å². The van der Waals surface area contributed by atoms with Crippen LogP contribution in [0.4, 0.5) is 10.2 Å². The summed E-state index contributed by atoms with van der Waals surface area (Å²) in [6.07, 6.45) is 1.68. The van der Waals surface area contributed by atoms with E-state index in [1.165, 1.54) is 23.9 Å². The molecule has 0 amide bonds. The molecule has 25 heavy (non-hydrogen) atoms. The molecule has 1 heterocycles. The van der Waals surface area contributed by atoms with Gasteiger partial charge in [-0.1, -0.05) is 17.8 Å². The maximum absolute atomic E-state index is 13.2. The van der Waals surface area contributed by atoms with E-state index < -0.39 is 0 Å². The van der Waals surface area contributed by atoms with Gasteiger partial charge in [-0.15, -0.1) is 0 Å². The van der Waals surface area contributed by atoms with Crippen LogP contribution in [-0.4, -0.2) is 12.1 Å². The van der Waals surface area contributed by atoms with Crippen LogP contribution >= 0.6 is 11.8 Å². The Labute approximate surface area is 149 Å². The van der Waals surface area contributed by atoms with Crippen LogP contribution in [0.1, 0.15) is 5.56 Å². The Balaban J connectivity index is 1.84. The minimum atomic E-state index is -0.307. The van der Waals surface area contributed by atoms with Gasteiger partial charge in [0.25, 0.3) is 0 Å². The third-order valence-corrected chi connectivity index (χ3v) is 4.44. The fraction of sp³-hybridized carbons (Fsp3) is 0.105. The second kappa shape index (κ2) is 7.44. The van der Waals surface area contributed by atoms with Crippen molar-refractivity contribution in [1.82, 2.24) is 4.98 Å². The lowest BCUT2D eigenvalue weighted by Crippen LogP contribution is -1.97. The summed E-state index contributed by atoms with van der Waals surface area (Å²) >= 11 is 1.52. The van der Waals surface area contributed by atoms with Crippen molar-refractivity contribution in [2.24, 2.45) is 0 Å². The van der Waals surface area contributed by atoms with Crippen LogP contribution < -0.4 is 15.2 Å². The number of aryl methyl sites for hydroxylation is 1. The van der Waals surface area contributed by atoms with Crippen molar-refractivity contribution in [3.8, 4) is 17.2 Å². The number of rotatable bonds is 5. The smallest absolute Gasteiger partial charge is 0.170 e. The lowest BCUT2D eigenvalue weighted by Gasteiger charge is -2.12. The van der Waals surface area contributed by atoms with E-state index in [-0.39, 0.29) is 11.6 Å². The molecule has 0 radical (unpaired) electrons. The lowest BCUT2D eigenvalue weighted by atomic mass is 10.2. The first-order chi connectivity index (χ1) is 12.0. The number of hydrogen-bond acceptors (Lipinski definition) is 5. The number of benzene rings is 2. The van der Waals surface area contributed by atoms with Gasteiger partial charge in [-0.3, -0.25) is 0 Å². The topological polar surface area (TPSA) is 57.4 Å². The van der Waals surface area contributed by atoms with Gasteiger partial charge in [-0.25, -0.2) is 9.37 Å². The van der Waals surface area contributed by atoms with Crippen molar-refractivity contribution in [2.75, 3.05) is 12.8 Å². The Morgan fingerprint density at radius 2 is 1.88 bits per heavy atom. The molecule has 3 rings (SSSR count). The summed E-state index contributed by atoms with van der Waals surface area (Å²) in [5, 5.41) is 0. The highest BCUT2D eigenvalue weighted by Gasteiger charge is 2.09. The fourth-order valence-corrected chi connectivity index (χ4v) is 3.09. The van der Waals surface area contributed by atoms with Gasteiger partial charge in [0, 0.05) is 22.1 Å². The number of anilines is 1. The first kappa shape index (κ1) is 17.1. The summed E-state index contributed by atoms with van der Waals surface area (Å²) in [5.74, 6) is 1.73. The van der Waals surface area contributed by atoms with Crippen LogP contribution in [0, 0.1) is 12.7 Å². The Morgan fingerprint density at radius 3 is 2.64 bits per heavy atom. The Morgan fingerprint density at radius 1 is 1.04 bits per heavy atom. The molecule has 0 unspecified atom stereocenters. The van der Waals surface area contributed by atoms with Gasteiger partial charge in [0.2, 0.25) is 0 Å². The van der Waals surface area contributed by atoms with E-state index in [1.54, 1.807) is 26.3 Å². The van der Waals surface area contributed by atoms with E-state index in [2.05, 4.69) is 4.98 Å². The number of methoxy groups -OCH3 is 1. The molecule has 0 bridgehead atoms. The monoisotopic (exact) mass is 356 g/mol. The minimum absolute atomic E-state index is 0.277. The SMILES string of the molecule is COc1cccc(Sc2cnc(N)c(Oc3ccc(F)cc3C)c2)c1. The van der Waals surface area contributed by atoms with Crippen molar-refractivity contribution in [1.29, 1.82) is 0 Å². The number of halogens is 1. The van der Waals surface area contributed by atoms with E-state index in [0.29, 0.717) is 17.1 Å². The summed E-state index contributed by atoms with van der Waals surface area (Å²) in [6.45, 7) is 1.77. The van der Waals surface area contributed by atoms with Gasteiger partial charge in [0.05, 0.1) is 7.11 Å². The van der Waals surface area contributed by atoms with Crippen molar-refractivity contribution >= 4 is 17.6 Å². The molecule has 0 saturated heterocycles. The van der Waals surface area contributed by atoms with Crippen molar-refractivity contribution < 1.29 is 13.9 Å². The molecule has 6 heteroatoms. The van der Waals surface area contributed by atoms with Gasteiger partial charge in [-0.05, 0) is 48.9 Å². The molecule has 0 atom stereocenters. The minimum Gasteiger partial charge on any atom is -0.497 e. The zero-order valence-corrected chi connectivity index (χ0v) is 14.6. The first-order valence-electron chi connectivity index (χ1n) is 7.56. The number of hydrogen-bond donors (Lipinski definition) is 1. The molecule has 0 spiro atoms. The summed E-state index contributed by atoms with van der Waals surface area (Å²) in [6, 6.07) is 13.9. The zero-order valence-electron chi connectivity index (χ0n) is 13.8. The average molecular weight is 356 g/mol. The standard InChI is InChI=1S/C19H17FN2O2S/c1-12-8-13(20)6-7-17(12)24-18-10-16(11-22-19(18)21)25-15-5-3-4-14(9-15)23-2/h3-11H,1-2H3,(H2,21,22). The summed E-state index contributed by atoms with van der Waals surface area (Å²) in [5.41, 5.74) is 6.60. The van der Waals surface area contributed by atoms with Gasteiger partial charge >= 0.3 is 0 Å². The average Bonchev–Trinajstić information content (AvgIpc) is 2.60. The maximum atomic E-state index is 13.2. The molecular formula is C19H17FN2O2S. The second-order valence-electron chi connectivity index (χ2n) is 5.35.